The molecule has 0 unspecified atom stereocenters. The van der Waals surface area contributed by atoms with Gasteiger partial charge in [-0.3, -0.25) is 0 Å². The Morgan fingerprint density at radius 3 is 2.41 bits per heavy atom. The number of rotatable bonds is 9. The number of aromatic nitrogens is 2. The molecule has 0 bridgehead atoms. The molecule has 17 heavy (non-hydrogen) atoms. The Morgan fingerprint density at radius 1 is 1.00 bits per heavy atom. The average Bonchev–Trinajstić information content (AvgIpc) is 2.67. The van der Waals surface area contributed by atoms with Gasteiger partial charge in [0.2, 0.25) is 0 Å². The average molecular weight is 237 g/mol. The van der Waals surface area contributed by atoms with Crippen LogP contribution in [-0.4, -0.2) is 4.57 Å². The van der Waals surface area contributed by atoms with Crippen molar-refractivity contribution in [1.29, 1.82) is 0 Å². The predicted octanol–water partition coefficient (Wildman–Crippen LogP) is 3.63. The molecule has 2 nitrogen and oxygen atoms in total. The van der Waals surface area contributed by atoms with Crippen molar-refractivity contribution in [2.24, 2.45) is 7.05 Å². The van der Waals surface area contributed by atoms with Gasteiger partial charge in [0.25, 0.3) is 5.82 Å². The van der Waals surface area contributed by atoms with Crippen molar-refractivity contribution >= 4 is 0 Å². The molecule has 0 saturated carbocycles. The quantitative estimate of drug-likeness (QED) is 0.458. The van der Waals surface area contributed by atoms with E-state index in [9.17, 15) is 0 Å². The van der Waals surface area contributed by atoms with E-state index in [1.807, 2.05) is 0 Å². The minimum absolute atomic E-state index is 1.19. The normalized spacial score (nSPS) is 11.0. The molecule has 0 saturated heterocycles. The smallest absolute Gasteiger partial charge is 0.237 e. The lowest BCUT2D eigenvalue weighted by Crippen LogP contribution is -2.37. The van der Waals surface area contributed by atoms with Crippen molar-refractivity contribution in [1.82, 2.24) is 4.57 Å². The zero-order valence-corrected chi connectivity index (χ0v) is 11.9. The summed E-state index contributed by atoms with van der Waals surface area (Å²) in [5.74, 6) is 1.50. The van der Waals surface area contributed by atoms with Gasteiger partial charge in [-0.2, -0.15) is 0 Å². The van der Waals surface area contributed by atoms with Crippen LogP contribution in [0.5, 0.6) is 0 Å². The van der Waals surface area contributed by atoms with Crippen LogP contribution in [0.25, 0.3) is 0 Å². The zero-order valence-electron chi connectivity index (χ0n) is 11.9. The van der Waals surface area contributed by atoms with E-state index in [0.29, 0.717) is 0 Å². The Balaban J connectivity index is 2.42. The van der Waals surface area contributed by atoms with Crippen LogP contribution in [0.1, 0.15) is 64.6 Å². The third kappa shape index (κ3) is 4.93. The largest absolute Gasteiger partial charge is 0.256 e. The molecular weight excluding hydrogens is 208 g/mol. The van der Waals surface area contributed by atoms with Crippen LogP contribution in [-0.2, 0) is 20.0 Å². The minimum Gasteiger partial charge on any atom is -0.237 e. The van der Waals surface area contributed by atoms with E-state index < -0.39 is 0 Å². The SMILES string of the molecule is CCCCCCc1n(C)cc[n+]1CCCCC. The van der Waals surface area contributed by atoms with Crippen LogP contribution in [0.4, 0.5) is 0 Å². The second-order valence-electron chi connectivity index (χ2n) is 5.04. The molecular formula is C15H29N2+. The Labute approximate surface area is 107 Å². The first kappa shape index (κ1) is 14.3. The molecule has 0 amide bonds. The van der Waals surface area contributed by atoms with Gasteiger partial charge >= 0.3 is 0 Å². The van der Waals surface area contributed by atoms with E-state index in [1.165, 1.54) is 63.7 Å². The number of hydrogen-bond acceptors (Lipinski definition) is 0. The summed E-state index contributed by atoms with van der Waals surface area (Å²) in [4.78, 5) is 0. The van der Waals surface area contributed by atoms with Crippen molar-refractivity contribution in [2.75, 3.05) is 0 Å². The van der Waals surface area contributed by atoms with Gasteiger partial charge in [-0.1, -0.05) is 39.5 Å². The highest BCUT2D eigenvalue weighted by molar-refractivity contribution is 4.82. The highest BCUT2D eigenvalue weighted by Crippen LogP contribution is 2.05. The Morgan fingerprint density at radius 2 is 1.71 bits per heavy atom. The molecule has 1 rings (SSSR count). The summed E-state index contributed by atoms with van der Waals surface area (Å²) in [5.41, 5.74) is 0. The van der Waals surface area contributed by atoms with Gasteiger partial charge in [0, 0.05) is 6.42 Å². The molecule has 2 heteroatoms. The van der Waals surface area contributed by atoms with Gasteiger partial charge in [0.1, 0.15) is 12.4 Å². The monoisotopic (exact) mass is 237 g/mol. The van der Waals surface area contributed by atoms with Crippen LogP contribution in [0.15, 0.2) is 12.4 Å². The molecule has 1 aromatic rings. The third-order valence-electron chi connectivity index (χ3n) is 3.47. The van der Waals surface area contributed by atoms with Crippen molar-refractivity contribution in [3.8, 4) is 0 Å². The fourth-order valence-electron chi connectivity index (χ4n) is 2.32. The second-order valence-corrected chi connectivity index (χ2v) is 5.04. The lowest BCUT2D eigenvalue weighted by molar-refractivity contribution is -0.704. The van der Waals surface area contributed by atoms with Crippen molar-refractivity contribution in [2.45, 2.75) is 71.8 Å². The standard InChI is InChI=1S/C15H29N2/c1-4-6-8-9-11-15-16(3)13-14-17(15)12-10-7-5-2/h13-14H,4-12H2,1-3H3/q+1. The molecule has 0 aliphatic rings. The topological polar surface area (TPSA) is 8.81 Å². The highest BCUT2D eigenvalue weighted by atomic mass is 15.1. The first-order valence-corrected chi connectivity index (χ1v) is 7.33. The fraction of sp³-hybridized carbons (Fsp3) is 0.800. The van der Waals surface area contributed by atoms with Crippen molar-refractivity contribution < 1.29 is 4.57 Å². The fourth-order valence-corrected chi connectivity index (χ4v) is 2.32. The van der Waals surface area contributed by atoms with Crippen LogP contribution >= 0.6 is 0 Å². The van der Waals surface area contributed by atoms with Gasteiger partial charge in [-0.15, -0.1) is 0 Å². The van der Waals surface area contributed by atoms with E-state index in [2.05, 4.69) is 42.4 Å². The van der Waals surface area contributed by atoms with Gasteiger partial charge in [-0.25, -0.2) is 9.13 Å². The molecule has 98 valence electrons. The van der Waals surface area contributed by atoms with Gasteiger partial charge in [0.15, 0.2) is 0 Å². The maximum absolute atomic E-state index is 2.45. The van der Waals surface area contributed by atoms with Crippen molar-refractivity contribution in [3.63, 3.8) is 0 Å². The number of nitrogens with zero attached hydrogens (tertiary/aromatic N) is 2. The van der Waals surface area contributed by atoms with Crippen molar-refractivity contribution in [3.05, 3.63) is 18.2 Å². The number of imidazole rings is 1. The molecule has 0 aliphatic carbocycles. The zero-order chi connectivity index (χ0) is 12.5. The minimum atomic E-state index is 1.19. The Hall–Kier alpha value is -0.790. The van der Waals surface area contributed by atoms with Crippen LogP contribution < -0.4 is 4.57 Å². The molecule has 0 fully saturated rings. The molecule has 0 aromatic carbocycles. The molecule has 0 aliphatic heterocycles. The maximum Gasteiger partial charge on any atom is 0.256 e. The maximum atomic E-state index is 2.45. The summed E-state index contributed by atoms with van der Waals surface area (Å²) in [5, 5.41) is 0. The summed E-state index contributed by atoms with van der Waals surface area (Å²) in [6, 6.07) is 0. The summed E-state index contributed by atoms with van der Waals surface area (Å²) in [6.07, 6.45) is 15.0. The molecule has 1 aromatic heterocycles. The summed E-state index contributed by atoms with van der Waals surface area (Å²) in [7, 11) is 2.17. The van der Waals surface area contributed by atoms with Gasteiger partial charge < -0.3 is 0 Å². The lowest BCUT2D eigenvalue weighted by atomic mass is 10.1. The Kier molecular flexibility index (Phi) is 6.99. The summed E-state index contributed by atoms with van der Waals surface area (Å²) < 4.78 is 4.74. The first-order chi connectivity index (χ1) is 8.29. The number of aryl methyl sites for hydroxylation is 2. The molecule has 1 heterocycles. The highest BCUT2D eigenvalue weighted by Gasteiger charge is 2.13. The summed E-state index contributed by atoms with van der Waals surface area (Å²) >= 11 is 0. The van der Waals surface area contributed by atoms with Crippen LogP contribution in [0.2, 0.25) is 0 Å². The lowest BCUT2D eigenvalue weighted by Gasteiger charge is -2.03. The number of unbranched alkanes of at least 4 members (excludes halogenated alkanes) is 5. The molecule has 0 spiro atoms. The number of hydrogen-bond donors (Lipinski definition) is 0. The Bertz CT molecular complexity index is 302. The van der Waals surface area contributed by atoms with Crippen LogP contribution in [0, 0.1) is 0 Å². The van der Waals surface area contributed by atoms with E-state index >= 15 is 0 Å². The summed E-state index contributed by atoms with van der Waals surface area (Å²) in [6.45, 7) is 5.73. The predicted molar refractivity (Wildman–Crippen MR) is 73.0 cm³/mol. The second kappa shape index (κ2) is 8.32. The van der Waals surface area contributed by atoms with E-state index in [4.69, 9.17) is 0 Å². The van der Waals surface area contributed by atoms with E-state index in [1.54, 1.807) is 0 Å². The van der Waals surface area contributed by atoms with Crippen LogP contribution in [0.3, 0.4) is 0 Å². The van der Waals surface area contributed by atoms with E-state index in [-0.39, 0.29) is 0 Å². The molecule has 0 N–H and O–H groups in total. The molecule has 0 radical (unpaired) electrons. The van der Waals surface area contributed by atoms with Gasteiger partial charge in [-0.05, 0) is 19.3 Å². The third-order valence-corrected chi connectivity index (χ3v) is 3.47. The first-order valence-electron chi connectivity index (χ1n) is 7.33. The van der Waals surface area contributed by atoms with Gasteiger partial charge in [0.05, 0.1) is 13.6 Å². The molecule has 0 atom stereocenters. The van der Waals surface area contributed by atoms with E-state index in [0.717, 1.165) is 0 Å².